The van der Waals surface area contributed by atoms with E-state index in [0.29, 0.717) is 6.42 Å². The second-order valence-electron chi connectivity index (χ2n) is 6.64. The minimum Gasteiger partial charge on any atom is -0.435 e. The molecular weight excluding hydrogens is 444 g/mol. The zero-order chi connectivity index (χ0) is 24.4. The van der Waals surface area contributed by atoms with Crippen molar-refractivity contribution in [2.24, 2.45) is 5.73 Å². The summed E-state index contributed by atoms with van der Waals surface area (Å²) in [6, 6.07) is 0. The number of carbonyl (C=O) groups is 4. The van der Waals surface area contributed by atoms with Gasteiger partial charge in [-0.2, -0.15) is 0 Å². The predicted molar refractivity (Wildman–Crippen MR) is 108 cm³/mol. The van der Waals surface area contributed by atoms with Crippen molar-refractivity contribution in [3.05, 3.63) is 24.0 Å². The van der Waals surface area contributed by atoms with Gasteiger partial charge in [0.05, 0.1) is 19.8 Å². The SMILES string of the molecule is CCOC(=O)OCC1OC(N2C=CCC(C(N)=O)=C2)[C@H](OC(=O)OCC)[C@@H]1OC(=O)OCC. The van der Waals surface area contributed by atoms with Gasteiger partial charge >= 0.3 is 18.5 Å². The van der Waals surface area contributed by atoms with Crippen molar-refractivity contribution in [1.82, 2.24) is 4.90 Å². The molecule has 2 unspecified atom stereocenters. The van der Waals surface area contributed by atoms with Crippen LogP contribution >= 0.6 is 0 Å². The lowest BCUT2D eigenvalue weighted by molar-refractivity contribution is -0.115. The van der Waals surface area contributed by atoms with E-state index in [0.717, 1.165) is 0 Å². The number of nitrogens with two attached hydrogens (primary N) is 1. The van der Waals surface area contributed by atoms with Crippen molar-refractivity contribution in [2.75, 3.05) is 26.4 Å². The normalized spacial score (nSPS) is 23.8. The van der Waals surface area contributed by atoms with E-state index in [1.54, 1.807) is 33.0 Å². The van der Waals surface area contributed by atoms with Gasteiger partial charge in [-0.15, -0.1) is 0 Å². The summed E-state index contributed by atoms with van der Waals surface area (Å²) >= 11 is 0. The molecule has 1 fully saturated rings. The lowest BCUT2D eigenvalue weighted by Gasteiger charge is -2.30. The minimum absolute atomic E-state index is 0.0306. The van der Waals surface area contributed by atoms with Crippen LogP contribution in [0.3, 0.4) is 0 Å². The van der Waals surface area contributed by atoms with Crippen LogP contribution < -0.4 is 5.73 Å². The van der Waals surface area contributed by atoms with Crippen LogP contribution in [0.15, 0.2) is 24.0 Å². The van der Waals surface area contributed by atoms with Crippen LogP contribution in [-0.4, -0.2) is 80.2 Å². The molecular formula is C20H28N2O11. The van der Waals surface area contributed by atoms with Crippen LogP contribution in [-0.2, 0) is 38.0 Å². The van der Waals surface area contributed by atoms with Crippen LogP contribution in [0.2, 0.25) is 0 Å². The molecule has 0 aromatic carbocycles. The number of hydrogen-bond donors (Lipinski definition) is 1. The molecule has 2 aliphatic heterocycles. The summed E-state index contributed by atoms with van der Waals surface area (Å²) in [7, 11) is 0. The van der Waals surface area contributed by atoms with Crippen LogP contribution in [0.25, 0.3) is 0 Å². The zero-order valence-electron chi connectivity index (χ0n) is 18.6. The zero-order valence-corrected chi connectivity index (χ0v) is 18.6. The average molecular weight is 472 g/mol. The molecule has 0 radical (unpaired) electrons. The molecule has 13 nitrogen and oxygen atoms in total. The number of amides is 1. The summed E-state index contributed by atoms with van der Waals surface area (Å²) in [5, 5.41) is 0. The van der Waals surface area contributed by atoms with Gasteiger partial charge in [-0.25, -0.2) is 14.4 Å². The van der Waals surface area contributed by atoms with Crippen LogP contribution in [0.5, 0.6) is 0 Å². The Kier molecular flexibility index (Phi) is 9.79. The Bertz CT molecular complexity index is 782. The highest BCUT2D eigenvalue weighted by atomic mass is 16.8. The van der Waals surface area contributed by atoms with Crippen LogP contribution in [0.1, 0.15) is 27.2 Å². The Hall–Kier alpha value is -3.48. The Morgan fingerprint density at radius 3 is 2.09 bits per heavy atom. The van der Waals surface area contributed by atoms with Gasteiger partial charge in [-0.05, 0) is 27.2 Å². The van der Waals surface area contributed by atoms with Gasteiger partial charge in [0.1, 0.15) is 12.7 Å². The Morgan fingerprint density at radius 2 is 1.52 bits per heavy atom. The standard InChI is InChI=1S/C20H28N2O11/c1-4-27-18(24)30-11-13-14(32-19(25)28-5-2)15(33-20(26)29-6-3)17(31-13)22-9-7-8-12(10-22)16(21)23/h7,9-10,13-15,17H,4-6,8,11H2,1-3H3,(H2,21,23)/t13?,14-,15-,17?/m1/s1. The Morgan fingerprint density at radius 1 is 0.939 bits per heavy atom. The molecule has 184 valence electrons. The van der Waals surface area contributed by atoms with Crippen molar-refractivity contribution in [3.63, 3.8) is 0 Å². The van der Waals surface area contributed by atoms with E-state index in [1.165, 1.54) is 11.1 Å². The molecule has 0 saturated carbocycles. The highest BCUT2D eigenvalue weighted by Crippen LogP contribution is 2.32. The fourth-order valence-corrected chi connectivity index (χ4v) is 3.09. The monoisotopic (exact) mass is 472 g/mol. The fourth-order valence-electron chi connectivity index (χ4n) is 3.09. The molecule has 2 aliphatic rings. The topological polar surface area (TPSA) is 162 Å². The van der Waals surface area contributed by atoms with Crippen molar-refractivity contribution < 1.29 is 52.3 Å². The van der Waals surface area contributed by atoms with E-state index in [2.05, 4.69) is 0 Å². The fraction of sp³-hybridized carbons (Fsp3) is 0.600. The quantitative estimate of drug-likeness (QED) is 0.381. The highest BCUT2D eigenvalue weighted by Gasteiger charge is 2.52. The number of carbonyl (C=O) groups excluding carboxylic acids is 4. The summed E-state index contributed by atoms with van der Waals surface area (Å²) in [5.74, 6) is -0.647. The molecule has 1 amide bonds. The summed E-state index contributed by atoms with van der Waals surface area (Å²) in [4.78, 5) is 48.9. The highest BCUT2D eigenvalue weighted by molar-refractivity contribution is 5.92. The Balaban J connectivity index is 2.33. The lowest BCUT2D eigenvalue weighted by Crippen LogP contribution is -2.45. The van der Waals surface area contributed by atoms with Gasteiger partial charge in [-0.1, -0.05) is 6.08 Å². The predicted octanol–water partition coefficient (Wildman–Crippen LogP) is 1.56. The molecule has 0 aromatic heterocycles. The first-order valence-corrected chi connectivity index (χ1v) is 10.4. The molecule has 2 N–H and O–H groups in total. The number of nitrogens with zero attached hydrogens (tertiary/aromatic N) is 1. The molecule has 0 aliphatic carbocycles. The van der Waals surface area contributed by atoms with Gasteiger partial charge < -0.3 is 43.8 Å². The summed E-state index contributed by atoms with van der Waals surface area (Å²) in [6.07, 6.45) is -2.79. The second kappa shape index (κ2) is 12.5. The number of ether oxygens (including phenoxy) is 7. The third-order valence-corrected chi connectivity index (χ3v) is 4.43. The average Bonchev–Trinajstić information content (AvgIpc) is 3.09. The number of primary amides is 1. The molecule has 0 spiro atoms. The van der Waals surface area contributed by atoms with E-state index in [4.69, 9.17) is 38.9 Å². The van der Waals surface area contributed by atoms with Crippen molar-refractivity contribution in [2.45, 2.75) is 51.7 Å². The summed E-state index contributed by atoms with van der Waals surface area (Å²) in [6.45, 7) is 4.52. The number of allylic oxidation sites excluding steroid dienone is 1. The number of rotatable bonds is 9. The first-order chi connectivity index (χ1) is 15.8. The molecule has 33 heavy (non-hydrogen) atoms. The molecule has 4 atom stereocenters. The van der Waals surface area contributed by atoms with Crippen molar-refractivity contribution in [1.29, 1.82) is 0 Å². The van der Waals surface area contributed by atoms with Gasteiger partial charge in [0, 0.05) is 18.0 Å². The lowest BCUT2D eigenvalue weighted by atomic mass is 10.1. The van der Waals surface area contributed by atoms with Gasteiger partial charge in [0.15, 0.2) is 18.4 Å². The van der Waals surface area contributed by atoms with Gasteiger partial charge in [0.2, 0.25) is 5.91 Å². The van der Waals surface area contributed by atoms with E-state index in [1.807, 2.05) is 0 Å². The van der Waals surface area contributed by atoms with E-state index in [-0.39, 0.29) is 25.4 Å². The van der Waals surface area contributed by atoms with E-state index in [9.17, 15) is 19.2 Å². The maximum absolute atomic E-state index is 12.1. The third kappa shape index (κ3) is 7.27. The molecule has 13 heteroatoms. The molecule has 0 aromatic rings. The smallest absolute Gasteiger partial charge is 0.435 e. The molecule has 0 bridgehead atoms. The third-order valence-electron chi connectivity index (χ3n) is 4.43. The molecule has 1 saturated heterocycles. The minimum atomic E-state index is -1.26. The summed E-state index contributed by atoms with van der Waals surface area (Å²) in [5.41, 5.74) is 5.64. The van der Waals surface area contributed by atoms with Gasteiger partial charge in [0.25, 0.3) is 0 Å². The van der Waals surface area contributed by atoms with E-state index < -0.39 is 55.5 Å². The number of hydrogen-bond acceptors (Lipinski definition) is 12. The molecule has 2 heterocycles. The second-order valence-corrected chi connectivity index (χ2v) is 6.64. The first-order valence-electron chi connectivity index (χ1n) is 10.4. The van der Waals surface area contributed by atoms with Crippen molar-refractivity contribution in [3.8, 4) is 0 Å². The molecule has 2 rings (SSSR count). The van der Waals surface area contributed by atoms with Crippen molar-refractivity contribution >= 4 is 24.4 Å². The van der Waals surface area contributed by atoms with Crippen LogP contribution in [0, 0.1) is 0 Å². The van der Waals surface area contributed by atoms with Crippen LogP contribution in [0.4, 0.5) is 14.4 Å². The maximum atomic E-state index is 12.1. The Labute approximate surface area is 190 Å². The van der Waals surface area contributed by atoms with Gasteiger partial charge in [-0.3, -0.25) is 4.79 Å². The summed E-state index contributed by atoms with van der Waals surface area (Å²) < 4.78 is 36.0. The largest absolute Gasteiger partial charge is 0.508 e. The maximum Gasteiger partial charge on any atom is 0.508 e. The van der Waals surface area contributed by atoms with E-state index >= 15 is 0 Å². The first kappa shape index (κ1) is 25.8.